The first kappa shape index (κ1) is 13.4. The molecule has 0 radical (unpaired) electrons. The summed E-state index contributed by atoms with van der Waals surface area (Å²) in [4.78, 5) is 17.4. The first-order valence-electron chi connectivity index (χ1n) is 5.63. The van der Waals surface area contributed by atoms with Gasteiger partial charge in [0, 0.05) is 12.7 Å². The standard InChI is InChI=1S/C12H19N3O2/c1-15(2)8-4-7-14-12(16)10-17-11-5-3-6-13-9-11/h3,5-6,9H,4,7-8,10H2,1-2H3,(H,14,16). The highest BCUT2D eigenvalue weighted by Crippen LogP contribution is 2.05. The maximum atomic E-state index is 11.4. The molecule has 5 heteroatoms. The molecule has 0 saturated carbocycles. The van der Waals surface area contributed by atoms with Gasteiger partial charge in [-0.3, -0.25) is 9.78 Å². The number of aromatic nitrogens is 1. The van der Waals surface area contributed by atoms with Crippen molar-refractivity contribution in [3.63, 3.8) is 0 Å². The Morgan fingerprint density at radius 3 is 3.00 bits per heavy atom. The van der Waals surface area contributed by atoms with E-state index in [0.717, 1.165) is 13.0 Å². The van der Waals surface area contributed by atoms with Crippen LogP contribution in [0.15, 0.2) is 24.5 Å². The molecule has 94 valence electrons. The van der Waals surface area contributed by atoms with E-state index in [4.69, 9.17) is 4.74 Å². The molecule has 0 unspecified atom stereocenters. The zero-order chi connectivity index (χ0) is 12.5. The van der Waals surface area contributed by atoms with E-state index in [9.17, 15) is 4.79 Å². The molecular weight excluding hydrogens is 218 g/mol. The largest absolute Gasteiger partial charge is 0.482 e. The van der Waals surface area contributed by atoms with Gasteiger partial charge in [-0.25, -0.2) is 0 Å². The van der Waals surface area contributed by atoms with Crippen molar-refractivity contribution in [2.75, 3.05) is 33.8 Å². The van der Waals surface area contributed by atoms with E-state index >= 15 is 0 Å². The summed E-state index contributed by atoms with van der Waals surface area (Å²) in [6, 6.07) is 3.54. The van der Waals surface area contributed by atoms with Crippen molar-refractivity contribution < 1.29 is 9.53 Å². The molecule has 1 aromatic heterocycles. The molecule has 0 atom stereocenters. The lowest BCUT2D eigenvalue weighted by atomic mass is 10.4. The summed E-state index contributed by atoms with van der Waals surface area (Å²) in [6.07, 6.45) is 4.18. The van der Waals surface area contributed by atoms with Gasteiger partial charge in [-0.1, -0.05) is 0 Å². The number of rotatable bonds is 7. The minimum Gasteiger partial charge on any atom is -0.482 e. The van der Waals surface area contributed by atoms with Crippen LogP contribution in [0.4, 0.5) is 0 Å². The number of nitrogens with zero attached hydrogens (tertiary/aromatic N) is 2. The number of hydrogen-bond acceptors (Lipinski definition) is 4. The first-order valence-corrected chi connectivity index (χ1v) is 5.63. The van der Waals surface area contributed by atoms with Crippen molar-refractivity contribution in [1.29, 1.82) is 0 Å². The number of nitrogens with one attached hydrogen (secondary N) is 1. The lowest BCUT2D eigenvalue weighted by Gasteiger charge is -2.10. The molecule has 1 aromatic rings. The van der Waals surface area contributed by atoms with Crippen molar-refractivity contribution in [1.82, 2.24) is 15.2 Å². The summed E-state index contributed by atoms with van der Waals surface area (Å²) in [5.41, 5.74) is 0. The molecule has 0 aromatic carbocycles. The van der Waals surface area contributed by atoms with Crippen molar-refractivity contribution in [2.24, 2.45) is 0 Å². The zero-order valence-corrected chi connectivity index (χ0v) is 10.3. The molecule has 0 bridgehead atoms. The third-order valence-electron chi connectivity index (χ3n) is 2.11. The Kier molecular flexibility index (Phi) is 6.03. The van der Waals surface area contributed by atoms with Gasteiger partial charge in [0.1, 0.15) is 5.75 Å². The molecule has 1 N–H and O–H groups in total. The number of ether oxygens (including phenoxy) is 1. The van der Waals surface area contributed by atoms with Crippen LogP contribution in [0.3, 0.4) is 0 Å². The van der Waals surface area contributed by atoms with Gasteiger partial charge in [0.05, 0.1) is 6.20 Å². The van der Waals surface area contributed by atoms with Crippen LogP contribution in [-0.2, 0) is 4.79 Å². The first-order chi connectivity index (χ1) is 8.18. The summed E-state index contributed by atoms with van der Waals surface area (Å²) < 4.78 is 5.26. The molecule has 1 heterocycles. The van der Waals surface area contributed by atoms with E-state index in [1.54, 1.807) is 24.5 Å². The maximum absolute atomic E-state index is 11.4. The van der Waals surface area contributed by atoms with Gasteiger partial charge in [-0.05, 0) is 39.2 Å². The molecule has 0 aliphatic heterocycles. The van der Waals surface area contributed by atoms with E-state index < -0.39 is 0 Å². The van der Waals surface area contributed by atoms with Crippen LogP contribution in [0, 0.1) is 0 Å². The second kappa shape index (κ2) is 7.62. The van der Waals surface area contributed by atoms with E-state index in [-0.39, 0.29) is 12.5 Å². The van der Waals surface area contributed by atoms with Gasteiger partial charge in [-0.2, -0.15) is 0 Å². The van der Waals surface area contributed by atoms with Crippen molar-refractivity contribution in [2.45, 2.75) is 6.42 Å². The topological polar surface area (TPSA) is 54.5 Å². The maximum Gasteiger partial charge on any atom is 0.257 e. The van der Waals surface area contributed by atoms with Crippen molar-refractivity contribution >= 4 is 5.91 Å². The van der Waals surface area contributed by atoms with Crippen LogP contribution in [0.2, 0.25) is 0 Å². The third kappa shape index (κ3) is 6.52. The van der Waals surface area contributed by atoms with Crippen molar-refractivity contribution in [3.05, 3.63) is 24.5 Å². The lowest BCUT2D eigenvalue weighted by Crippen LogP contribution is -2.31. The molecule has 0 aliphatic rings. The molecule has 1 rings (SSSR count). The summed E-state index contributed by atoms with van der Waals surface area (Å²) in [5.74, 6) is 0.503. The van der Waals surface area contributed by atoms with Crippen LogP contribution >= 0.6 is 0 Å². The highest BCUT2D eigenvalue weighted by molar-refractivity contribution is 5.77. The Morgan fingerprint density at radius 1 is 1.53 bits per heavy atom. The SMILES string of the molecule is CN(C)CCCNC(=O)COc1cccnc1. The average Bonchev–Trinajstić information content (AvgIpc) is 2.33. The van der Waals surface area contributed by atoms with Crippen LogP contribution in [0.5, 0.6) is 5.75 Å². The predicted octanol–water partition coefficient (Wildman–Crippen LogP) is 0.528. The number of hydrogen-bond donors (Lipinski definition) is 1. The smallest absolute Gasteiger partial charge is 0.257 e. The minimum absolute atomic E-state index is 0.0354. The van der Waals surface area contributed by atoms with Crippen LogP contribution in [0.25, 0.3) is 0 Å². The molecule has 17 heavy (non-hydrogen) atoms. The van der Waals surface area contributed by atoms with E-state index in [1.165, 1.54) is 0 Å². The van der Waals surface area contributed by atoms with Gasteiger partial charge >= 0.3 is 0 Å². The van der Waals surface area contributed by atoms with E-state index in [1.807, 2.05) is 14.1 Å². The predicted molar refractivity (Wildman–Crippen MR) is 65.9 cm³/mol. The third-order valence-corrected chi connectivity index (χ3v) is 2.11. The van der Waals surface area contributed by atoms with E-state index in [0.29, 0.717) is 12.3 Å². The zero-order valence-electron chi connectivity index (χ0n) is 10.3. The lowest BCUT2D eigenvalue weighted by molar-refractivity contribution is -0.123. The number of carbonyl (C=O) groups excluding carboxylic acids is 1. The summed E-state index contributed by atoms with van der Waals surface area (Å²) in [5, 5.41) is 2.80. The second-order valence-corrected chi connectivity index (χ2v) is 3.98. The molecule has 0 aliphatic carbocycles. The quantitative estimate of drug-likeness (QED) is 0.703. The molecule has 5 nitrogen and oxygen atoms in total. The number of pyridine rings is 1. The van der Waals surface area contributed by atoms with Gasteiger partial charge in [0.25, 0.3) is 5.91 Å². The highest BCUT2D eigenvalue weighted by Gasteiger charge is 2.01. The fourth-order valence-corrected chi connectivity index (χ4v) is 1.26. The Balaban J connectivity index is 2.09. The van der Waals surface area contributed by atoms with Gasteiger partial charge < -0.3 is 15.0 Å². The van der Waals surface area contributed by atoms with Gasteiger partial charge in [0.2, 0.25) is 0 Å². The molecule has 0 saturated heterocycles. The molecule has 1 amide bonds. The van der Waals surface area contributed by atoms with E-state index in [2.05, 4.69) is 15.2 Å². The highest BCUT2D eigenvalue weighted by atomic mass is 16.5. The minimum atomic E-state index is -0.104. The number of amides is 1. The second-order valence-electron chi connectivity index (χ2n) is 3.98. The Bertz CT molecular complexity index is 328. The summed E-state index contributed by atoms with van der Waals surface area (Å²) in [6.45, 7) is 1.67. The molecule has 0 fully saturated rings. The Hall–Kier alpha value is -1.62. The normalized spacial score (nSPS) is 10.3. The molecule has 0 spiro atoms. The van der Waals surface area contributed by atoms with Crippen LogP contribution in [-0.4, -0.2) is 49.6 Å². The summed E-state index contributed by atoms with van der Waals surface area (Å²) in [7, 11) is 4.01. The van der Waals surface area contributed by atoms with Crippen molar-refractivity contribution in [3.8, 4) is 5.75 Å². The van der Waals surface area contributed by atoms with Crippen LogP contribution < -0.4 is 10.1 Å². The van der Waals surface area contributed by atoms with Crippen LogP contribution in [0.1, 0.15) is 6.42 Å². The molecular formula is C12H19N3O2. The average molecular weight is 237 g/mol. The fraction of sp³-hybridized carbons (Fsp3) is 0.500. The Labute approximate surface area is 102 Å². The fourth-order valence-electron chi connectivity index (χ4n) is 1.26. The Morgan fingerprint density at radius 2 is 2.35 bits per heavy atom. The summed E-state index contributed by atoms with van der Waals surface area (Å²) >= 11 is 0. The monoisotopic (exact) mass is 237 g/mol. The van der Waals surface area contributed by atoms with Gasteiger partial charge in [-0.15, -0.1) is 0 Å². The van der Waals surface area contributed by atoms with Gasteiger partial charge in [0.15, 0.2) is 6.61 Å². The number of carbonyl (C=O) groups is 1.